The van der Waals surface area contributed by atoms with Crippen LogP contribution in [-0.4, -0.2) is 37.7 Å². The van der Waals surface area contributed by atoms with Gasteiger partial charge < -0.3 is 0 Å². The predicted molar refractivity (Wildman–Crippen MR) is 544 cm³/mol. The van der Waals surface area contributed by atoms with Crippen molar-refractivity contribution in [2.24, 2.45) is 28.2 Å². The second-order valence-corrected chi connectivity index (χ2v) is 42.1. The average molecular weight is 1740 g/mol. The number of aryl methyl sites for hydroxylation is 8. The Morgan fingerprint density at radius 2 is 0.591 bits per heavy atom. The van der Waals surface area contributed by atoms with E-state index in [0.717, 1.165) is 29.2 Å². The van der Waals surface area contributed by atoms with Crippen molar-refractivity contribution in [3.63, 3.8) is 0 Å². The topological polar surface area (TPSA) is 85.5 Å². The van der Waals surface area contributed by atoms with Crippen LogP contribution in [0.15, 0.2) is 195 Å². The van der Waals surface area contributed by atoms with Gasteiger partial charge in [0, 0.05) is 35.7 Å². The summed E-state index contributed by atoms with van der Waals surface area (Å²) in [5.74, 6) is 5.52. The lowest BCUT2D eigenvalue weighted by atomic mass is 9.84. The molecule has 8 aliphatic rings. The zero-order valence-electron chi connectivity index (χ0n) is 79.1. The third-order valence-corrected chi connectivity index (χ3v) is 34.7. The normalized spacial score (nSPS) is 18.0. The van der Waals surface area contributed by atoms with Gasteiger partial charge in [0.15, 0.2) is 44.1 Å². The molecule has 0 spiro atoms. The van der Waals surface area contributed by atoms with Gasteiger partial charge in [-0.2, -0.15) is 17.6 Å². The number of benzene rings is 8. The molecule has 12 heterocycles. The maximum absolute atomic E-state index is 5.04. The van der Waals surface area contributed by atoms with Gasteiger partial charge in [-0.1, -0.05) is 176 Å². The number of pyridine rings is 8. The fourth-order valence-electron chi connectivity index (χ4n) is 28.2. The molecule has 8 aliphatic carbocycles. The van der Waals surface area contributed by atoms with Crippen molar-refractivity contribution < 1.29 is 18.1 Å². The van der Waals surface area contributed by atoms with Gasteiger partial charge in [0.1, 0.15) is 22.1 Å². The Bertz CT molecular complexity index is 8030. The Kier molecular flexibility index (Phi) is 20.6. The number of imidazole rings is 4. The van der Waals surface area contributed by atoms with E-state index in [1.165, 1.54) is 410 Å². The SMILES string of the molecule is Cc1ccnc2c3c(C4CCCC4)cccc3[n+]3c4ccc(C5CCCC5)cc4n(C)c3c12.Cc1ccnc2c3c(C4CCCC4)cccc3n3c4c(C5CCCC5)cccc4[n+](C)c3c12.Cc1ccnc2c3c(C4CCCC4)cccc3n3c4cc(C5CCCC5)ccc4[n+](C)c3c12.Cc1ccnc2c3cc(C4CCCC4)c(C4CCCC4)cc3n3c4ccccc4[n+](C)c3c12. The average Bonchev–Trinajstić information content (AvgIpc) is 1.54. The highest BCUT2D eigenvalue weighted by atomic mass is 15.1. The molecule has 664 valence electrons. The summed E-state index contributed by atoms with van der Waals surface area (Å²) < 4.78 is 19.8. The van der Waals surface area contributed by atoms with Crippen molar-refractivity contribution in [3.8, 4) is 0 Å². The molecule has 12 aromatic heterocycles. The van der Waals surface area contributed by atoms with Gasteiger partial charge in [0.25, 0.3) is 22.6 Å². The van der Waals surface area contributed by atoms with Crippen LogP contribution in [0.5, 0.6) is 0 Å². The van der Waals surface area contributed by atoms with Gasteiger partial charge in [-0.05, 0) is 336 Å². The van der Waals surface area contributed by atoms with Crippen molar-refractivity contribution in [2.75, 3.05) is 0 Å². The lowest BCUT2D eigenvalue weighted by molar-refractivity contribution is -0.617. The maximum Gasteiger partial charge on any atom is 0.297 e. The quantitative estimate of drug-likeness (QED) is 0.112. The smallest absolute Gasteiger partial charge is 0.255 e. The number of aromatic nitrogens is 12. The molecule has 0 saturated heterocycles. The number of nitrogens with zero attached hydrogens (tertiary/aromatic N) is 12. The highest BCUT2D eigenvalue weighted by Gasteiger charge is 2.38. The molecule has 28 rings (SSSR count). The van der Waals surface area contributed by atoms with E-state index in [-0.39, 0.29) is 0 Å². The zero-order valence-corrected chi connectivity index (χ0v) is 79.1. The third kappa shape index (κ3) is 13.0. The zero-order chi connectivity index (χ0) is 88.4. The van der Waals surface area contributed by atoms with E-state index in [2.05, 4.69) is 262 Å². The minimum absolute atomic E-state index is 0.654. The number of hydrogen-bond acceptors (Lipinski definition) is 4. The summed E-state index contributed by atoms with van der Waals surface area (Å²) in [6.45, 7) is 8.98. The van der Waals surface area contributed by atoms with Crippen LogP contribution in [0.25, 0.3) is 154 Å². The molecule has 0 radical (unpaired) electrons. The molecule has 8 aromatic carbocycles. The standard InChI is InChI=1S/4C30H32N3/c1-19-17-18-31-28-26(19)30-32(2)25-16-8-14-23(21-11-5-6-12-21)29(25)33(30)24-15-7-13-22(27(24)28)20-9-3-4-10-20;1-19-15-16-31-29-24-17-22(20-9-3-4-10-20)23(21-11-5-6-12-21)18-27(24)33-26-14-8-7-13-25(26)32(2)30(33)28(19)29;1-19-16-17-31-29-27(19)30-32(2)26-18-22(20-8-3-4-9-20)14-15-24(26)33(30)25-13-7-12-23(28(25)29)21-10-5-6-11-21;1-19-16-17-31-29-27(19)30-32(2)24-15-14-22(20-8-3-4-9-20)18-26(24)33(30)25-13-7-12-23(28(25)29)21-10-5-6-11-21/h2*7-8,13-18,20-21H,3-6,9-12H2,1-2H3;2*7,12-18,20-21H,3-6,8-11H2,1-2H3/q4*+1. The Hall–Kier alpha value is -11.8. The first-order chi connectivity index (χ1) is 64.9. The molecule has 0 aliphatic heterocycles. The first-order valence-electron chi connectivity index (χ1n) is 51.5. The summed E-state index contributed by atoms with van der Waals surface area (Å²) in [6.07, 6.45) is 51.0. The molecule has 20 aromatic rings. The minimum Gasteiger partial charge on any atom is -0.255 e. The largest absolute Gasteiger partial charge is 0.297 e. The van der Waals surface area contributed by atoms with Gasteiger partial charge in [-0.15, -0.1) is 0 Å². The molecule has 12 nitrogen and oxygen atoms in total. The summed E-state index contributed by atoms with van der Waals surface area (Å²) in [5.41, 5.74) is 43.3. The number of hydrogen-bond donors (Lipinski definition) is 0. The fraction of sp³-hybridized carbons (Fsp3) is 0.400. The summed E-state index contributed by atoms with van der Waals surface area (Å²) in [7, 11) is 8.93. The number of para-hydroxylation sites is 3. The molecular weight excluding hydrogens is 1610 g/mol. The van der Waals surface area contributed by atoms with Gasteiger partial charge in [0.2, 0.25) is 0 Å². The van der Waals surface area contributed by atoms with Crippen molar-refractivity contribution >= 4 is 154 Å². The Labute approximate surface area is 774 Å². The van der Waals surface area contributed by atoms with E-state index in [4.69, 9.17) is 19.9 Å². The van der Waals surface area contributed by atoms with Crippen LogP contribution in [0, 0.1) is 27.7 Å². The Balaban J connectivity index is 0.0000000945. The van der Waals surface area contributed by atoms with Crippen molar-refractivity contribution in [2.45, 2.75) is 281 Å². The first-order valence-corrected chi connectivity index (χ1v) is 51.5. The summed E-state index contributed by atoms with van der Waals surface area (Å²) in [5, 5.41) is 10.7. The molecule has 132 heavy (non-hydrogen) atoms. The molecule has 0 N–H and O–H groups in total. The lowest BCUT2D eigenvalue weighted by Gasteiger charge is -2.21. The van der Waals surface area contributed by atoms with Gasteiger partial charge in [0.05, 0.1) is 88.0 Å². The second-order valence-electron chi connectivity index (χ2n) is 42.1. The van der Waals surface area contributed by atoms with E-state index >= 15 is 0 Å². The van der Waals surface area contributed by atoms with E-state index in [0.29, 0.717) is 23.7 Å². The summed E-state index contributed by atoms with van der Waals surface area (Å²) >= 11 is 0. The molecule has 8 fully saturated rings. The van der Waals surface area contributed by atoms with E-state index in [1.807, 2.05) is 24.8 Å². The third-order valence-electron chi connectivity index (χ3n) is 34.7. The fourth-order valence-corrected chi connectivity index (χ4v) is 28.2. The molecule has 8 saturated carbocycles. The molecule has 0 atom stereocenters. The first kappa shape index (κ1) is 82.2. The molecular formula is C120H128N12+4. The van der Waals surface area contributed by atoms with E-state index in [1.54, 1.807) is 11.1 Å². The Morgan fingerprint density at radius 3 is 1.10 bits per heavy atom. The van der Waals surface area contributed by atoms with Gasteiger partial charge >= 0.3 is 0 Å². The Morgan fingerprint density at radius 1 is 0.250 bits per heavy atom. The molecule has 0 bridgehead atoms. The monoisotopic (exact) mass is 1740 g/mol. The van der Waals surface area contributed by atoms with Crippen LogP contribution >= 0.6 is 0 Å². The summed E-state index contributed by atoms with van der Waals surface area (Å²) in [4.78, 5) is 20.1. The van der Waals surface area contributed by atoms with Crippen molar-refractivity contribution in [3.05, 3.63) is 261 Å². The lowest BCUT2D eigenvalue weighted by Crippen LogP contribution is -2.27. The van der Waals surface area contributed by atoms with Crippen LogP contribution in [0.3, 0.4) is 0 Å². The minimum atomic E-state index is 0.654. The second kappa shape index (κ2) is 33.2. The molecule has 12 heteroatoms. The maximum atomic E-state index is 5.04. The molecule has 0 unspecified atom stereocenters. The number of rotatable bonds is 8. The van der Waals surface area contributed by atoms with Crippen LogP contribution in [0.2, 0.25) is 0 Å². The highest BCUT2D eigenvalue weighted by Crippen LogP contribution is 2.51. The highest BCUT2D eigenvalue weighted by molar-refractivity contribution is 6.16. The van der Waals surface area contributed by atoms with Gasteiger partial charge in [-0.25, -0.2) is 18.3 Å². The van der Waals surface area contributed by atoms with Crippen molar-refractivity contribution in [1.82, 2.24) is 37.7 Å². The van der Waals surface area contributed by atoms with Crippen LogP contribution < -0.4 is 18.1 Å². The van der Waals surface area contributed by atoms with E-state index in [9.17, 15) is 0 Å². The van der Waals surface area contributed by atoms with Crippen LogP contribution in [0.4, 0.5) is 0 Å². The predicted octanol–water partition coefficient (Wildman–Crippen LogP) is 29.0. The molecule has 0 amide bonds. The summed E-state index contributed by atoms with van der Waals surface area (Å²) in [6, 6.07) is 65.2. The van der Waals surface area contributed by atoms with E-state index < -0.39 is 0 Å². The number of fused-ring (bicyclic) bond motifs is 32. The van der Waals surface area contributed by atoms with Gasteiger partial charge in [-0.3, -0.25) is 19.9 Å². The van der Waals surface area contributed by atoms with Crippen LogP contribution in [0.1, 0.15) is 320 Å². The van der Waals surface area contributed by atoms with Crippen LogP contribution in [-0.2, 0) is 28.2 Å². The van der Waals surface area contributed by atoms with Crippen molar-refractivity contribution in [1.29, 1.82) is 0 Å².